The number of esters is 1. The summed E-state index contributed by atoms with van der Waals surface area (Å²) in [6.45, 7) is 7.71. The Kier molecular flexibility index (Phi) is 10.8. The van der Waals surface area contributed by atoms with E-state index in [1.54, 1.807) is 58.4 Å². The molecule has 3 aromatic carbocycles. The SMILES string of the molecule is CCOC(=O)C1=C(C)N=c2s/c(=C/c3cc(Br)cc(OC)c3OCc3cccc(Cl)c3)c(=O)n2[C@H]1c1ccc(OC(C)C)c(OC)c1. The fourth-order valence-corrected chi connectivity index (χ4v) is 6.94. The van der Waals surface area contributed by atoms with Crippen LogP contribution in [0.4, 0.5) is 0 Å². The molecule has 1 aliphatic rings. The summed E-state index contributed by atoms with van der Waals surface area (Å²) < 4.78 is 31.6. The standard InChI is InChI=1S/C35H34BrClN2O7S/c1-7-44-34(41)30-20(4)38-35-39(31(30)22-11-12-26(46-19(2)3)27(15-22)42-5)33(40)29(47-35)16-23-14-24(36)17-28(43-6)32(23)45-18-21-9-8-10-25(37)13-21/h8-17,19,31H,7,18H2,1-6H3/b29-16+/t31-/m0/s1. The Morgan fingerprint density at radius 1 is 1.09 bits per heavy atom. The Morgan fingerprint density at radius 3 is 2.53 bits per heavy atom. The molecule has 0 fully saturated rings. The van der Waals surface area contributed by atoms with Crippen LogP contribution in [0.2, 0.25) is 5.02 Å². The van der Waals surface area contributed by atoms with Gasteiger partial charge in [-0.2, -0.15) is 0 Å². The van der Waals surface area contributed by atoms with Crippen molar-refractivity contribution in [1.29, 1.82) is 0 Å². The van der Waals surface area contributed by atoms with Crippen molar-refractivity contribution in [2.75, 3.05) is 20.8 Å². The first kappa shape index (κ1) is 34.3. The molecule has 0 bridgehead atoms. The molecule has 1 aromatic heterocycles. The number of hydrogen-bond acceptors (Lipinski definition) is 9. The van der Waals surface area contributed by atoms with Gasteiger partial charge in [-0.15, -0.1) is 0 Å². The van der Waals surface area contributed by atoms with Crippen molar-refractivity contribution < 1.29 is 28.5 Å². The van der Waals surface area contributed by atoms with Crippen molar-refractivity contribution in [1.82, 2.24) is 4.57 Å². The fraction of sp³-hybridized carbons (Fsp3) is 0.286. The van der Waals surface area contributed by atoms with Crippen LogP contribution in [0.25, 0.3) is 6.08 Å². The second-order valence-corrected chi connectivity index (χ2v) is 13.2. The maximum atomic E-state index is 14.3. The van der Waals surface area contributed by atoms with E-state index in [-0.39, 0.29) is 30.5 Å². The smallest absolute Gasteiger partial charge is 0.338 e. The lowest BCUT2D eigenvalue weighted by atomic mass is 9.95. The van der Waals surface area contributed by atoms with Gasteiger partial charge in [0.2, 0.25) is 0 Å². The number of aromatic nitrogens is 1. The molecule has 0 saturated carbocycles. The third-order valence-electron chi connectivity index (χ3n) is 7.21. The minimum atomic E-state index is -0.829. The molecule has 0 saturated heterocycles. The zero-order chi connectivity index (χ0) is 33.8. The molecule has 246 valence electrons. The van der Waals surface area contributed by atoms with E-state index in [0.717, 1.165) is 10.0 Å². The van der Waals surface area contributed by atoms with Crippen LogP contribution in [0.1, 0.15) is 50.4 Å². The van der Waals surface area contributed by atoms with E-state index < -0.39 is 12.0 Å². The van der Waals surface area contributed by atoms with Gasteiger partial charge in [-0.05, 0) is 81.3 Å². The van der Waals surface area contributed by atoms with Crippen LogP contribution >= 0.6 is 38.9 Å². The number of rotatable bonds is 11. The normalized spacial score (nSPS) is 14.5. The molecule has 0 spiro atoms. The van der Waals surface area contributed by atoms with Crippen LogP contribution in [-0.2, 0) is 16.1 Å². The molecule has 2 heterocycles. The average Bonchev–Trinajstić information content (AvgIpc) is 3.33. The van der Waals surface area contributed by atoms with E-state index in [9.17, 15) is 9.59 Å². The number of carbonyl (C=O) groups is 1. The third-order valence-corrected chi connectivity index (χ3v) is 8.89. The molecule has 4 aromatic rings. The van der Waals surface area contributed by atoms with Gasteiger partial charge in [0.1, 0.15) is 6.61 Å². The Balaban J connectivity index is 1.68. The van der Waals surface area contributed by atoms with Crippen LogP contribution in [0.15, 0.2) is 80.1 Å². The molecule has 0 aliphatic carbocycles. The number of carbonyl (C=O) groups excluding carboxylic acids is 1. The maximum absolute atomic E-state index is 14.3. The molecule has 47 heavy (non-hydrogen) atoms. The minimum Gasteiger partial charge on any atom is -0.493 e. The highest BCUT2D eigenvalue weighted by molar-refractivity contribution is 9.10. The molecule has 0 N–H and O–H groups in total. The van der Waals surface area contributed by atoms with Gasteiger partial charge >= 0.3 is 5.97 Å². The molecular formula is C35H34BrClN2O7S. The molecule has 1 atom stereocenters. The minimum absolute atomic E-state index is 0.0827. The fourth-order valence-electron chi connectivity index (χ4n) is 5.24. The predicted molar refractivity (Wildman–Crippen MR) is 186 cm³/mol. The number of thiazole rings is 1. The van der Waals surface area contributed by atoms with Gasteiger partial charge in [0.05, 0.1) is 48.8 Å². The number of halogens is 2. The zero-order valence-electron chi connectivity index (χ0n) is 26.8. The number of allylic oxidation sites excluding steroid dienone is 1. The molecule has 1 aliphatic heterocycles. The van der Waals surface area contributed by atoms with Crippen molar-refractivity contribution in [3.8, 4) is 23.0 Å². The van der Waals surface area contributed by atoms with Crippen molar-refractivity contribution in [3.05, 3.63) is 112 Å². The highest BCUT2D eigenvalue weighted by Crippen LogP contribution is 2.38. The van der Waals surface area contributed by atoms with Crippen LogP contribution in [0, 0.1) is 0 Å². The number of benzene rings is 3. The Hall–Kier alpha value is -4.06. The van der Waals surface area contributed by atoms with E-state index in [2.05, 4.69) is 15.9 Å². The first-order valence-corrected chi connectivity index (χ1v) is 16.8. The van der Waals surface area contributed by atoms with E-state index >= 15 is 0 Å². The monoisotopic (exact) mass is 740 g/mol. The summed E-state index contributed by atoms with van der Waals surface area (Å²) in [5, 5.41) is 0.599. The van der Waals surface area contributed by atoms with E-state index in [4.69, 9.17) is 40.3 Å². The highest BCUT2D eigenvalue weighted by atomic mass is 79.9. The largest absolute Gasteiger partial charge is 0.493 e. The summed E-state index contributed by atoms with van der Waals surface area (Å²) in [5.41, 5.74) is 2.50. The summed E-state index contributed by atoms with van der Waals surface area (Å²) in [5.74, 6) is 1.40. The number of fused-ring (bicyclic) bond motifs is 1. The first-order valence-electron chi connectivity index (χ1n) is 14.8. The van der Waals surface area contributed by atoms with Gasteiger partial charge in [-0.25, -0.2) is 9.79 Å². The molecule has 0 unspecified atom stereocenters. The van der Waals surface area contributed by atoms with E-state index in [1.807, 2.05) is 44.2 Å². The summed E-state index contributed by atoms with van der Waals surface area (Å²) in [7, 11) is 3.10. The van der Waals surface area contributed by atoms with Gasteiger partial charge in [-0.3, -0.25) is 9.36 Å². The van der Waals surface area contributed by atoms with Gasteiger partial charge < -0.3 is 23.7 Å². The Bertz CT molecular complexity index is 2040. The number of methoxy groups -OCH3 is 2. The quantitative estimate of drug-likeness (QED) is 0.160. The molecular weight excluding hydrogens is 708 g/mol. The van der Waals surface area contributed by atoms with Crippen LogP contribution in [-0.4, -0.2) is 37.5 Å². The summed E-state index contributed by atoms with van der Waals surface area (Å²) in [4.78, 5) is 32.8. The van der Waals surface area contributed by atoms with Gasteiger partial charge in [0.15, 0.2) is 27.8 Å². The van der Waals surface area contributed by atoms with Crippen LogP contribution in [0.3, 0.4) is 0 Å². The van der Waals surface area contributed by atoms with E-state index in [0.29, 0.717) is 54.2 Å². The predicted octanol–water partition coefficient (Wildman–Crippen LogP) is 6.60. The summed E-state index contributed by atoms with van der Waals surface area (Å²) in [6.07, 6.45) is 1.66. The summed E-state index contributed by atoms with van der Waals surface area (Å²) in [6, 6.07) is 15.6. The zero-order valence-corrected chi connectivity index (χ0v) is 29.9. The summed E-state index contributed by atoms with van der Waals surface area (Å²) >= 11 is 10.9. The molecule has 12 heteroatoms. The third kappa shape index (κ3) is 7.42. The maximum Gasteiger partial charge on any atom is 0.338 e. The van der Waals surface area contributed by atoms with Crippen molar-refractivity contribution in [3.63, 3.8) is 0 Å². The van der Waals surface area contributed by atoms with Gasteiger partial charge in [-0.1, -0.05) is 57.1 Å². The van der Waals surface area contributed by atoms with Gasteiger partial charge in [0.25, 0.3) is 5.56 Å². The van der Waals surface area contributed by atoms with Crippen LogP contribution < -0.4 is 33.8 Å². The number of nitrogens with zero attached hydrogens (tertiary/aromatic N) is 2. The number of hydrogen-bond donors (Lipinski definition) is 0. The van der Waals surface area contributed by atoms with Crippen LogP contribution in [0.5, 0.6) is 23.0 Å². The number of ether oxygens (including phenoxy) is 5. The second kappa shape index (κ2) is 14.8. The topological polar surface area (TPSA) is 97.6 Å². The molecule has 0 amide bonds. The molecule has 9 nitrogen and oxygen atoms in total. The Labute approximate surface area is 289 Å². The lowest BCUT2D eigenvalue weighted by Crippen LogP contribution is -2.40. The van der Waals surface area contributed by atoms with E-state index in [1.165, 1.54) is 15.9 Å². The van der Waals surface area contributed by atoms with Gasteiger partial charge in [0, 0.05) is 15.1 Å². The lowest BCUT2D eigenvalue weighted by Gasteiger charge is -2.25. The average molecular weight is 742 g/mol. The highest BCUT2D eigenvalue weighted by Gasteiger charge is 2.34. The van der Waals surface area contributed by atoms with Crippen molar-refractivity contribution in [2.45, 2.75) is 46.4 Å². The molecule has 0 radical (unpaired) electrons. The van der Waals surface area contributed by atoms with Crippen molar-refractivity contribution in [2.24, 2.45) is 4.99 Å². The second-order valence-electron chi connectivity index (χ2n) is 10.8. The van der Waals surface area contributed by atoms with Crippen molar-refractivity contribution >= 4 is 50.9 Å². The first-order chi connectivity index (χ1) is 22.5. The lowest BCUT2D eigenvalue weighted by molar-refractivity contribution is -0.139. The molecule has 5 rings (SSSR count). The Morgan fingerprint density at radius 2 is 1.85 bits per heavy atom.